The quantitative estimate of drug-likeness (QED) is 0.109. The molecule has 4 nitrogen and oxygen atoms in total. The first-order chi connectivity index (χ1) is 20.1. The molecule has 0 spiro atoms. The summed E-state index contributed by atoms with van der Waals surface area (Å²) in [5.74, 6) is 0.759. The smallest absolute Gasteiger partial charge is 0.306 e. The Morgan fingerprint density at radius 1 is 0.548 bits per heavy atom. The van der Waals surface area contributed by atoms with Gasteiger partial charge in [0.05, 0.1) is 0 Å². The monoisotopic (exact) mass is 578 g/mol. The third-order valence-electron chi connectivity index (χ3n) is 8.72. The molecule has 0 aliphatic rings. The maximum absolute atomic E-state index is 12.2. The number of carbonyl (C=O) groups is 2. The third kappa shape index (κ3) is 14.0. The highest BCUT2D eigenvalue weighted by Gasteiger charge is 2.25. The maximum Gasteiger partial charge on any atom is 0.306 e. The Kier molecular flexibility index (Phi) is 15.9. The largest absolute Gasteiger partial charge is 0.460 e. The number of hydrogen-bond donors (Lipinski definition) is 0. The predicted octanol–water partition coefficient (Wildman–Crippen LogP) is 10.7. The molecule has 0 aliphatic carbocycles. The fourth-order valence-corrected chi connectivity index (χ4v) is 5.44. The van der Waals surface area contributed by atoms with Gasteiger partial charge in [-0.2, -0.15) is 0 Å². The van der Waals surface area contributed by atoms with Crippen LogP contribution in [0.4, 0.5) is 0 Å². The summed E-state index contributed by atoms with van der Waals surface area (Å²) in [5.41, 5.74) is 2.09. The van der Waals surface area contributed by atoms with Crippen LogP contribution < -0.4 is 0 Å². The summed E-state index contributed by atoms with van der Waals surface area (Å²) in [6.07, 6.45) is 13.4. The molecule has 0 N–H and O–H groups in total. The maximum atomic E-state index is 12.2. The second-order valence-electron chi connectivity index (χ2n) is 13.1. The molecule has 2 atom stereocenters. The molecule has 0 saturated heterocycles. The first-order valence-electron chi connectivity index (χ1n) is 16.6. The molecule has 234 valence electrons. The van der Waals surface area contributed by atoms with Crippen molar-refractivity contribution in [2.24, 2.45) is 0 Å². The lowest BCUT2D eigenvalue weighted by Gasteiger charge is -2.29. The van der Waals surface area contributed by atoms with Crippen LogP contribution in [0.1, 0.15) is 154 Å². The molecule has 0 aliphatic heterocycles. The summed E-state index contributed by atoms with van der Waals surface area (Å²) in [6, 6.07) is 22.0. The molecule has 4 heteroatoms. The van der Waals surface area contributed by atoms with Crippen LogP contribution in [0, 0.1) is 0 Å². The van der Waals surface area contributed by atoms with Crippen LogP contribution in [-0.4, -0.2) is 23.1 Å². The van der Waals surface area contributed by atoms with Gasteiger partial charge in [0, 0.05) is 12.8 Å². The van der Waals surface area contributed by atoms with Gasteiger partial charge in [0.25, 0.3) is 0 Å². The summed E-state index contributed by atoms with van der Waals surface area (Å²) >= 11 is 0. The average molecular weight is 579 g/mol. The molecule has 0 amide bonds. The number of esters is 2. The lowest BCUT2D eigenvalue weighted by atomic mass is 9.76. The van der Waals surface area contributed by atoms with Crippen LogP contribution in [0.15, 0.2) is 60.7 Å². The Morgan fingerprint density at radius 3 is 1.21 bits per heavy atom. The van der Waals surface area contributed by atoms with Gasteiger partial charge in [-0.15, -0.1) is 0 Å². The van der Waals surface area contributed by atoms with Crippen molar-refractivity contribution in [1.82, 2.24) is 0 Å². The summed E-state index contributed by atoms with van der Waals surface area (Å²) < 4.78 is 11.2. The molecule has 0 saturated carbocycles. The molecule has 0 bridgehead atoms. The van der Waals surface area contributed by atoms with E-state index in [0.29, 0.717) is 24.7 Å². The van der Waals surface area contributed by atoms with Crippen LogP contribution in [-0.2, 0) is 19.1 Å². The standard InChI is InChI=1S/C38H58O4/c1-7-37(3,4)41-35(39)29-21-11-9-19-27-33(31-23-15-13-16-24-31)34(32-25-17-14-18-26-32)28-20-10-12-22-30-36(40)42-38(5,6)8-2/h13-18,23-26,33-34H,7-12,19-22,27-30H2,1-6H3. The zero-order valence-electron chi connectivity index (χ0n) is 27.5. The number of ether oxygens (including phenoxy) is 2. The second-order valence-corrected chi connectivity index (χ2v) is 13.1. The van der Waals surface area contributed by atoms with Gasteiger partial charge in [0.1, 0.15) is 11.2 Å². The SMILES string of the molecule is CCC(C)(C)OC(=O)CCCCCCC(c1ccccc1)C(CCCCCCC(=O)OC(C)(C)CC)c1ccccc1. The van der Waals surface area contributed by atoms with Crippen LogP contribution >= 0.6 is 0 Å². The first kappa shape index (κ1) is 35.6. The van der Waals surface area contributed by atoms with Crippen molar-refractivity contribution in [3.8, 4) is 0 Å². The highest BCUT2D eigenvalue weighted by molar-refractivity contribution is 5.70. The van der Waals surface area contributed by atoms with Gasteiger partial charge >= 0.3 is 11.9 Å². The fraction of sp³-hybridized carbons (Fsp3) is 0.632. The van der Waals surface area contributed by atoms with E-state index in [1.165, 1.54) is 11.1 Å². The van der Waals surface area contributed by atoms with Crippen LogP contribution in [0.2, 0.25) is 0 Å². The minimum absolute atomic E-state index is 0.0742. The molecule has 42 heavy (non-hydrogen) atoms. The lowest BCUT2D eigenvalue weighted by molar-refractivity contribution is -0.157. The number of hydrogen-bond acceptors (Lipinski definition) is 4. The second kappa shape index (κ2) is 18.8. The summed E-state index contributed by atoms with van der Waals surface area (Å²) in [6.45, 7) is 12.0. The number of benzene rings is 2. The van der Waals surface area contributed by atoms with Gasteiger partial charge in [-0.25, -0.2) is 0 Å². The normalized spacial score (nSPS) is 13.4. The van der Waals surface area contributed by atoms with Gasteiger partial charge in [-0.3, -0.25) is 9.59 Å². The van der Waals surface area contributed by atoms with Gasteiger partial charge in [0.2, 0.25) is 0 Å². The van der Waals surface area contributed by atoms with E-state index in [1.807, 2.05) is 41.5 Å². The van der Waals surface area contributed by atoms with Crippen molar-refractivity contribution < 1.29 is 19.1 Å². The summed E-state index contributed by atoms with van der Waals surface area (Å²) in [7, 11) is 0. The molecule has 0 aromatic heterocycles. The van der Waals surface area contributed by atoms with E-state index in [2.05, 4.69) is 60.7 Å². The molecule has 0 fully saturated rings. The van der Waals surface area contributed by atoms with Crippen molar-refractivity contribution in [1.29, 1.82) is 0 Å². The van der Waals surface area contributed by atoms with Crippen molar-refractivity contribution in [3.63, 3.8) is 0 Å². The Labute approximate surface area is 257 Å². The van der Waals surface area contributed by atoms with Crippen molar-refractivity contribution in [3.05, 3.63) is 71.8 Å². The van der Waals surface area contributed by atoms with E-state index in [4.69, 9.17) is 9.47 Å². The molecule has 0 heterocycles. The van der Waals surface area contributed by atoms with Crippen molar-refractivity contribution >= 4 is 11.9 Å². The summed E-state index contributed by atoms with van der Waals surface area (Å²) in [4.78, 5) is 24.4. The zero-order chi connectivity index (χ0) is 30.8. The Morgan fingerprint density at radius 2 is 0.881 bits per heavy atom. The molecular formula is C38H58O4. The Bertz CT molecular complexity index is 928. The Hall–Kier alpha value is -2.62. The minimum atomic E-state index is -0.371. The van der Waals surface area contributed by atoms with E-state index in [-0.39, 0.29) is 23.1 Å². The number of carbonyl (C=O) groups excluding carboxylic acids is 2. The van der Waals surface area contributed by atoms with Crippen molar-refractivity contribution in [2.75, 3.05) is 0 Å². The summed E-state index contributed by atoms with van der Waals surface area (Å²) in [5, 5.41) is 0. The molecule has 2 unspecified atom stereocenters. The minimum Gasteiger partial charge on any atom is -0.460 e. The topological polar surface area (TPSA) is 52.6 Å². The van der Waals surface area contributed by atoms with E-state index in [0.717, 1.165) is 77.0 Å². The number of unbranched alkanes of at least 4 members (excludes halogenated alkanes) is 6. The first-order valence-corrected chi connectivity index (χ1v) is 16.6. The van der Waals surface area contributed by atoms with Crippen LogP contribution in [0.5, 0.6) is 0 Å². The van der Waals surface area contributed by atoms with Gasteiger partial charge in [-0.05, 0) is 89.2 Å². The highest BCUT2D eigenvalue weighted by Crippen LogP contribution is 2.40. The van der Waals surface area contributed by atoms with Crippen LogP contribution in [0.3, 0.4) is 0 Å². The van der Waals surface area contributed by atoms with Crippen LogP contribution in [0.25, 0.3) is 0 Å². The highest BCUT2D eigenvalue weighted by atomic mass is 16.6. The zero-order valence-corrected chi connectivity index (χ0v) is 27.5. The Balaban J connectivity index is 1.92. The van der Waals surface area contributed by atoms with Gasteiger partial charge in [0.15, 0.2) is 0 Å². The molecule has 2 rings (SSSR count). The molecule has 2 aromatic carbocycles. The van der Waals surface area contributed by atoms with Gasteiger partial charge < -0.3 is 9.47 Å². The third-order valence-corrected chi connectivity index (χ3v) is 8.72. The van der Waals surface area contributed by atoms with E-state index in [1.54, 1.807) is 0 Å². The molecule has 2 aromatic rings. The van der Waals surface area contributed by atoms with E-state index >= 15 is 0 Å². The van der Waals surface area contributed by atoms with E-state index < -0.39 is 0 Å². The van der Waals surface area contributed by atoms with E-state index in [9.17, 15) is 9.59 Å². The lowest BCUT2D eigenvalue weighted by Crippen LogP contribution is -2.26. The molecular weight excluding hydrogens is 520 g/mol. The van der Waals surface area contributed by atoms with Crippen molar-refractivity contribution in [2.45, 2.75) is 154 Å². The average Bonchev–Trinajstić information content (AvgIpc) is 2.97. The van der Waals surface area contributed by atoms with Gasteiger partial charge in [-0.1, -0.05) is 113 Å². The number of rotatable bonds is 21. The predicted molar refractivity (Wildman–Crippen MR) is 175 cm³/mol. The molecule has 0 radical (unpaired) electrons. The fourth-order valence-electron chi connectivity index (χ4n) is 5.44.